The number of carboxylic acid groups (broad SMARTS) is 1. The lowest BCUT2D eigenvalue weighted by Gasteiger charge is -2.11. The summed E-state index contributed by atoms with van der Waals surface area (Å²) in [5.74, 6) is -1.00. The minimum Gasteiger partial charge on any atom is -0.478 e. The van der Waals surface area contributed by atoms with Crippen molar-refractivity contribution in [1.29, 1.82) is 0 Å². The lowest BCUT2D eigenvalue weighted by molar-refractivity contribution is 0.0697. The summed E-state index contributed by atoms with van der Waals surface area (Å²) in [4.78, 5) is 24.8. The molecule has 0 radical (unpaired) electrons. The number of carboxylic acids is 1. The molecule has 7 heteroatoms. The van der Waals surface area contributed by atoms with Gasteiger partial charge in [0.25, 0.3) is 6.43 Å². The minimum absolute atomic E-state index is 0.151. The van der Waals surface area contributed by atoms with E-state index < -0.39 is 18.1 Å². The number of carbonyl (C=O) groups is 1. The van der Waals surface area contributed by atoms with Crippen LogP contribution in [0.2, 0.25) is 0 Å². The molecular weight excluding hydrogens is 438 g/mol. The molecule has 0 bridgehead atoms. The van der Waals surface area contributed by atoms with E-state index >= 15 is 0 Å². The van der Waals surface area contributed by atoms with Crippen LogP contribution in [-0.2, 0) is 19.5 Å². The van der Waals surface area contributed by atoms with Gasteiger partial charge in [0.2, 0.25) is 0 Å². The average Bonchev–Trinajstić information content (AvgIpc) is 3.09. The summed E-state index contributed by atoms with van der Waals surface area (Å²) in [6, 6.07) is 14.0. The molecule has 0 saturated carbocycles. The highest BCUT2D eigenvalue weighted by Crippen LogP contribution is 2.27. The molecule has 0 unspecified atom stereocenters. The van der Waals surface area contributed by atoms with E-state index in [1.54, 1.807) is 36.4 Å². The second-order valence-corrected chi connectivity index (χ2v) is 8.51. The molecule has 0 fully saturated rings. The van der Waals surface area contributed by atoms with Gasteiger partial charge in [-0.25, -0.2) is 18.4 Å². The Kier molecular flexibility index (Phi) is 8.79. The third kappa shape index (κ3) is 5.64. The van der Waals surface area contributed by atoms with E-state index in [9.17, 15) is 23.5 Å². The first-order chi connectivity index (χ1) is 16.4. The number of hydrogen-bond acceptors (Lipinski definition) is 2. The fourth-order valence-corrected chi connectivity index (χ4v) is 4.30. The van der Waals surface area contributed by atoms with E-state index in [2.05, 4.69) is 0 Å². The highest BCUT2D eigenvalue weighted by Gasteiger charge is 2.25. The van der Waals surface area contributed by atoms with Crippen LogP contribution in [0.25, 0.3) is 11.1 Å². The van der Waals surface area contributed by atoms with Crippen LogP contribution in [0.3, 0.4) is 0 Å². The molecule has 1 heterocycles. The van der Waals surface area contributed by atoms with E-state index in [1.807, 2.05) is 26.0 Å². The van der Waals surface area contributed by atoms with E-state index in [-0.39, 0.29) is 17.8 Å². The second kappa shape index (κ2) is 11.8. The van der Waals surface area contributed by atoms with Crippen LogP contribution in [-0.4, -0.2) is 20.2 Å². The molecule has 3 rings (SSSR count). The zero-order valence-corrected chi connectivity index (χ0v) is 19.8. The van der Waals surface area contributed by atoms with Gasteiger partial charge in [-0.1, -0.05) is 75.6 Å². The number of hydrogen-bond donors (Lipinski definition) is 1. The standard InChI is InChI=1S/C27H32F2N2O3/c1-3-5-9-17-30-24(25(28)29)23(12-6-4-2)31(27(30)34)18-19-13-15-20(16-14-19)21-10-7-8-11-22(21)26(32)33/h7-8,10-11,13-16,25H,3-6,9,12,17-18H2,1-2H3,(H,32,33). The smallest absolute Gasteiger partial charge is 0.336 e. The Labute approximate surface area is 198 Å². The predicted octanol–water partition coefficient (Wildman–Crippen LogP) is 6.53. The van der Waals surface area contributed by atoms with Crippen LogP contribution in [0.1, 0.15) is 79.7 Å². The zero-order chi connectivity index (χ0) is 24.7. The first kappa shape index (κ1) is 25.4. The van der Waals surface area contributed by atoms with Crippen molar-refractivity contribution < 1.29 is 18.7 Å². The Morgan fingerprint density at radius 2 is 1.62 bits per heavy atom. The molecule has 0 aliphatic heterocycles. The van der Waals surface area contributed by atoms with Crippen molar-refractivity contribution >= 4 is 5.97 Å². The summed E-state index contributed by atoms with van der Waals surface area (Å²) in [5, 5.41) is 9.46. The lowest BCUT2D eigenvalue weighted by Crippen LogP contribution is -2.26. The summed E-state index contributed by atoms with van der Waals surface area (Å²) in [6.45, 7) is 4.52. The van der Waals surface area contributed by atoms with Crippen molar-refractivity contribution in [2.75, 3.05) is 0 Å². The van der Waals surface area contributed by atoms with Crippen molar-refractivity contribution in [2.24, 2.45) is 0 Å². The molecule has 5 nitrogen and oxygen atoms in total. The maximum Gasteiger partial charge on any atom is 0.336 e. The zero-order valence-electron chi connectivity index (χ0n) is 19.8. The number of aromatic nitrogens is 2. The fourth-order valence-electron chi connectivity index (χ4n) is 4.30. The fraction of sp³-hybridized carbons (Fsp3) is 0.407. The van der Waals surface area contributed by atoms with Crippen LogP contribution < -0.4 is 5.69 Å². The Bertz CT molecular complexity index is 1160. The average molecular weight is 471 g/mol. The van der Waals surface area contributed by atoms with E-state index in [4.69, 9.17) is 0 Å². The van der Waals surface area contributed by atoms with E-state index in [0.717, 1.165) is 36.8 Å². The number of imidazole rings is 1. The molecule has 1 aromatic heterocycles. The van der Waals surface area contributed by atoms with Crippen molar-refractivity contribution in [3.05, 3.63) is 81.5 Å². The van der Waals surface area contributed by atoms with E-state index in [0.29, 0.717) is 30.6 Å². The van der Waals surface area contributed by atoms with Gasteiger partial charge in [0, 0.05) is 12.2 Å². The largest absolute Gasteiger partial charge is 0.478 e. The third-order valence-corrected chi connectivity index (χ3v) is 6.10. The SMILES string of the molecule is CCCCCn1c(C(F)F)c(CCCC)n(Cc2ccc(-c3ccccc3C(=O)O)cc2)c1=O. The molecule has 0 amide bonds. The third-order valence-electron chi connectivity index (χ3n) is 6.10. The van der Waals surface area contributed by atoms with Crippen molar-refractivity contribution in [2.45, 2.75) is 71.9 Å². The Balaban J connectivity index is 1.97. The van der Waals surface area contributed by atoms with Crippen molar-refractivity contribution in [3.63, 3.8) is 0 Å². The molecule has 34 heavy (non-hydrogen) atoms. The van der Waals surface area contributed by atoms with Gasteiger partial charge in [0.15, 0.2) is 0 Å². The normalized spacial score (nSPS) is 11.3. The van der Waals surface area contributed by atoms with Gasteiger partial charge >= 0.3 is 11.7 Å². The maximum absolute atomic E-state index is 14.1. The number of benzene rings is 2. The molecule has 182 valence electrons. The second-order valence-electron chi connectivity index (χ2n) is 8.51. The predicted molar refractivity (Wildman–Crippen MR) is 130 cm³/mol. The van der Waals surface area contributed by atoms with Gasteiger partial charge < -0.3 is 5.11 Å². The molecule has 2 aromatic carbocycles. The van der Waals surface area contributed by atoms with Gasteiger partial charge in [-0.3, -0.25) is 9.13 Å². The first-order valence-electron chi connectivity index (χ1n) is 11.9. The molecule has 0 aliphatic carbocycles. The Hall–Kier alpha value is -3.22. The molecule has 0 atom stereocenters. The van der Waals surface area contributed by atoms with Crippen molar-refractivity contribution in [3.8, 4) is 11.1 Å². The molecular formula is C27H32F2N2O3. The maximum atomic E-state index is 14.1. The summed E-state index contributed by atoms with van der Waals surface area (Å²) in [6.07, 6.45) is 1.79. The van der Waals surface area contributed by atoms with Gasteiger partial charge in [0.05, 0.1) is 12.1 Å². The van der Waals surface area contributed by atoms with Crippen molar-refractivity contribution in [1.82, 2.24) is 9.13 Å². The van der Waals surface area contributed by atoms with Gasteiger partial charge in [0.1, 0.15) is 5.69 Å². The van der Waals surface area contributed by atoms with Crippen LogP contribution in [0, 0.1) is 0 Å². The quantitative estimate of drug-likeness (QED) is 0.306. The number of aromatic carboxylic acids is 1. The molecule has 1 N–H and O–H groups in total. The summed E-state index contributed by atoms with van der Waals surface area (Å²) in [7, 11) is 0. The topological polar surface area (TPSA) is 64.2 Å². The first-order valence-corrected chi connectivity index (χ1v) is 11.9. The highest BCUT2D eigenvalue weighted by molar-refractivity contribution is 5.95. The molecule has 0 saturated heterocycles. The van der Waals surface area contributed by atoms with Gasteiger partial charge in [-0.05, 0) is 42.0 Å². The summed E-state index contributed by atoms with van der Waals surface area (Å²) >= 11 is 0. The van der Waals surface area contributed by atoms with Crippen LogP contribution in [0.4, 0.5) is 8.78 Å². The highest BCUT2D eigenvalue weighted by atomic mass is 19.3. The Morgan fingerprint density at radius 1 is 0.941 bits per heavy atom. The van der Waals surface area contributed by atoms with E-state index in [1.165, 1.54) is 9.13 Å². The number of halogens is 2. The lowest BCUT2D eigenvalue weighted by atomic mass is 9.99. The molecule has 3 aromatic rings. The number of rotatable bonds is 12. The molecule has 0 spiro atoms. The minimum atomic E-state index is -2.71. The van der Waals surface area contributed by atoms with Gasteiger partial charge in [-0.2, -0.15) is 0 Å². The number of nitrogens with zero attached hydrogens (tertiary/aromatic N) is 2. The summed E-state index contributed by atoms with van der Waals surface area (Å²) in [5.41, 5.74) is 2.22. The van der Waals surface area contributed by atoms with Crippen LogP contribution in [0.5, 0.6) is 0 Å². The van der Waals surface area contributed by atoms with Crippen LogP contribution >= 0.6 is 0 Å². The number of alkyl halides is 2. The monoisotopic (exact) mass is 470 g/mol. The van der Waals surface area contributed by atoms with Gasteiger partial charge in [-0.15, -0.1) is 0 Å². The summed E-state index contributed by atoms with van der Waals surface area (Å²) < 4.78 is 30.9. The van der Waals surface area contributed by atoms with Crippen LogP contribution in [0.15, 0.2) is 53.3 Å². The Morgan fingerprint density at radius 3 is 2.24 bits per heavy atom. The number of unbranched alkanes of at least 4 members (excludes halogenated alkanes) is 3. The molecule has 0 aliphatic rings.